The average Bonchev–Trinajstić information content (AvgIpc) is 3.17. The van der Waals surface area contributed by atoms with Crippen LogP contribution in [0.5, 0.6) is 0 Å². The van der Waals surface area contributed by atoms with E-state index in [4.69, 9.17) is 0 Å². The highest BCUT2D eigenvalue weighted by Crippen LogP contribution is 2.50. The predicted octanol–water partition coefficient (Wildman–Crippen LogP) is 3.03. The van der Waals surface area contributed by atoms with E-state index in [1.54, 1.807) is 4.90 Å². The summed E-state index contributed by atoms with van der Waals surface area (Å²) in [6.45, 7) is 4.29. The maximum atomic E-state index is 13.8. The second-order valence-corrected chi connectivity index (χ2v) is 7.24. The maximum absolute atomic E-state index is 13.8. The van der Waals surface area contributed by atoms with Gasteiger partial charge >= 0.3 is 5.97 Å². The van der Waals surface area contributed by atoms with Gasteiger partial charge in [0, 0.05) is 19.0 Å². The van der Waals surface area contributed by atoms with Crippen LogP contribution in [0, 0.1) is 28.9 Å². The quantitative estimate of drug-likeness (QED) is 0.919. The van der Waals surface area contributed by atoms with Crippen LogP contribution >= 0.6 is 0 Å². The molecule has 1 N–H and O–H groups in total. The fourth-order valence-corrected chi connectivity index (χ4v) is 3.76. The smallest absolute Gasteiger partial charge is 0.311 e. The zero-order valence-electron chi connectivity index (χ0n) is 13.8. The van der Waals surface area contributed by atoms with Crippen LogP contribution in [0.15, 0.2) is 18.2 Å². The molecule has 2 fully saturated rings. The van der Waals surface area contributed by atoms with Crippen LogP contribution in [-0.2, 0) is 9.59 Å². The number of nitrogens with zero attached hydrogens (tertiary/aromatic N) is 1. The van der Waals surface area contributed by atoms with Crippen molar-refractivity contribution in [1.82, 2.24) is 4.90 Å². The first-order valence-corrected chi connectivity index (χ1v) is 8.23. The van der Waals surface area contributed by atoms with Crippen LogP contribution in [0.2, 0.25) is 0 Å². The fraction of sp³-hybridized carbons (Fsp3) is 0.556. The van der Waals surface area contributed by atoms with Gasteiger partial charge in [-0.05, 0) is 48.4 Å². The molecular weight excluding hydrogens is 316 g/mol. The molecule has 3 unspecified atom stereocenters. The summed E-state index contributed by atoms with van der Waals surface area (Å²) in [7, 11) is 0. The minimum atomic E-state index is -0.913. The summed E-state index contributed by atoms with van der Waals surface area (Å²) in [5, 5.41) is 9.56. The van der Waals surface area contributed by atoms with Gasteiger partial charge < -0.3 is 10.0 Å². The first kappa shape index (κ1) is 16.9. The molecule has 1 saturated carbocycles. The molecule has 1 aromatic rings. The van der Waals surface area contributed by atoms with E-state index < -0.39 is 23.0 Å². The number of hydrogen-bond acceptors (Lipinski definition) is 2. The van der Waals surface area contributed by atoms with Crippen LogP contribution in [0.3, 0.4) is 0 Å². The van der Waals surface area contributed by atoms with E-state index in [1.165, 1.54) is 0 Å². The van der Waals surface area contributed by atoms with Gasteiger partial charge in [0.2, 0.25) is 5.91 Å². The molecule has 0 aromatic heterocycles. The number of aliphatic carboxylic acids is 1. The fourth-order valence-electron chi connectivity index (χ4n) is 3.76. The number of halogens is 2. The Kier molecular flexibility index (Phi) is 4.10. The molecule has 1 aliphatic carbocycles. The summed E-state index contributed by atoms with van der Waals surface area (Å²) >= 11 is 0. The van der Waals surface area contributed by atoms with Crippen LogP contribution in [0.1, 0.15) is 38.2 Å². The molecule has 1 heterocycles. The normalized spacial score (nSPS) is 29.1. The number of amides is 1. The van der Waals surface area contributed by atoms with E-state index in [1.807, 2.05) is 13.8 Å². The zero-order chi connectivity index (χ0) is 17.6. The van der Waals surface area contributed by atoms with Crippen molar-refractivity contribution >= 4 is 11.9 Å². The number of likely N-dealkylation sites (tertiary alicyclic amines) is 1. The summed E-state index contributed by atoms with van der Waals surface area (Å²) < 4.78 is 27.2. The van der Waals surface area contributed by atoms with E-state index in [0.29, 0.717) is 19.4 Å². The number of carboxylic acid groups (broad SMARTS) is 1. The van der Waals surface area contributed by atoms with E-state index in [0.717, 1.165) is 18.2 Å². The molecule has 1 saturated heterocycles. The molecular formula is C18H21F2NO3. The van der Waals surface area contributed by atoms with Gasteiger partial charge in [0.15, 0.2) is 0 Å². The standard InChI is InChI=1S/C18H21F2NO3/c1-10(2)18(17(23)24)5-6-21(9-18)16(22)14-8-12(14)13-7-11(19)3-4-15(13)20/h3-4,7,10,12,14H,5-6,8-9H2,1-2H3,(H,23,24). The third-order valence-corrected chi connectivity index (χ3v) is 5.61. The molecule has 0 radical (unpaired) electrons. The third-order valence-electron chi connectivity index (χ3n) is 5.61. The molecule has 130 valence electrons. The molecule has 2 aliphatic rings. The van der Waals surface area contributed by atoms with Crippen molar-refractivity contribution in [3.05, 3.63) is 35.4 Å². The number of hydrogen-bond donors (Lipinski definition) is 1. The topological polar surface area (TPSA) is 57.6 Å². The highest BCUT2D eigenvalue weighted by atomic mass is 19.1. The lowest BCUT2D eigenvalue weighted by Crippen LogP contribution is -2.41. The number of carbonyl (C=O) groups is 2. The van der Waals surface area contributed by atoms with Crippen molar-refractivity contribution in [1.29, 1.82) is 0 Å². The predicted molar refractivity (Wildman–Crippen MR) is 83.3 cm³/mol. The summed E-state index contributed by atoms with van der Waals surface area (Å²) in [6, 6.07) is 3.28. The Balaban J connectivity index is 1.71. The van der Waals surface area contributed by atoms with Gasteiger partial charge in [0.1, 0.15) is 11.6 Å². The average molecular weight is 337 g/mol. The molecule has 3 atom stereocenters. The first-order chi connectivity index (χ1) is 11.3. The number of carbonyl (C=O) groups excluding carboxylic acids is 1. The second-order valence-electron chi connectivity index (χ2n) is 7.24. The lowest BCUT2D eigenvalue weighted by molar-refractivity contribution is -0.151. The van der Waals surface area contributed by atoms with Gasteiger partial charge in [-0.25, -0.2) is 8.78 Å². The van der Waals surface area contributed by atoms with Crippen molar-refractivity contribution in [2.24, 2.45) is 17.3 Å². The molecule has 0 bridgehead atoms. The summed E-state index contributed by atoms with van der Waals surface area (Å²) in [6.07, 6.45) is 0.912. The maximum Gasteiger partial charge on any atom is 0.311 e. The molecule has 1 aliphatic heterocycles. The number of carboxylic acids is 1. The molecule has 24 heavy (non-hydrogen) atoms. The molecule has 1 amide bonds. The van der Waals surface area contributed by atoms with Gasteiger partial charge in [0.05, 0.1) is 5.41 Å². The van der Waals surface area contributed by atoms with Crippen LogP contribution in [0.4, 0.5) is 8.78 Å². The van der Waals surface area contributed by atoms with Crippen LogP contribution in [-0.4, -0.2) is 35.0 Å². The van der Waals surface area contributed by atoms with Crippen molar-refractivity contribution in [2.45, 2.75) is 32.6 Å². The van der Waals surface area contributed by atoms with Crippen molar-refractivity contribution in [2.75, 3.05) is 13.1 Å². The minimum absolute atomic E-state index is 0.0801. The second kappa shape index (κ2) is 5.83. The monoisotopic (exact) mass is 337 g/mol. The Hall–Kier alpha value is -1.98. The van der Waals surface area contributed by atoms with Gasteiger partial charge in [-0.2, -0.15) is 0 Å². The minimum Gasteiger partial charge on any atom is -0.481 e. The van der Waals surface area contributed by atoms with Gasteiger partial charge in [0.25, 0.3) is 0 Å². The SMILES string of the molecule is CC(C)C1(C(=O)O)CCN(C(=O)C2CC2c2cc(F)ccc2F)C1. The lowest BCUT2D eigenvalue weighted by atomic mass is 9.76. The number of benzene rings is 1. The summed E-state index contributed by atoms with van der Waals surface area (Å²) in [5.41, 5.74) is -0.676. The van der Waals surface area contributed by atoms with Crippen LogP contribution in [0.25, 0.3) is 0 Å². The van der Waals surface area contributed by atoms with Crippen molar-refractivity contribution in [3.63, 3.8) is 0 Å². The van der Waals surface area contributed by atoms with E-state index >= 15 is 0 Å². The van der Waals surface area contributed by atoms with Crippen LogP contribution < -0.4 is 0 Å². The summed E-state index contributed by atoms with van der Waals surface area (Å²) in [5.74, 6) is -2.81. The van der Waals surface area contributed by atoms with Gasteiger partial charge in [-0.3, -0.25) is 9.59 Å². The first-order valence-electron chi connectivity index (χ1n) is 8.23. The highest BCUT2D eigenvalue weighted by Gasteiger charge is 2.53. The summed E-state index contributed by atoms with van der Waals surface area (Å²) in [4.78, 5) is 25.9. The third kappa shape index (κ3) is 2.68. The largest absolute Gasteiger partial charge is 0.481 e. The Labute approximate surface area is 139 Å². The van der Waals surface area contributed by atoms with Crippen molar-refractivity contribution in [3.8, 4) is 0 Å². The lowest BCUT2D eigenvalue weighted by Gasteiger charge is -2.28. The molecule has 6 heteroatoms. The molecule has 1 aromatic carbocycles. The molecule has 4 nitrogen and oxygen atoms in total. The number of rotatable bonds is 4. The van der Waals surface area contributed by atoms with E-state index in [2.05, 4.69) is 0 Å². The van der Waals surface area contributed by atoms with Gasteiger partial charge in [-0.1, -0.05) is 13.8 Å². The van der Waals surface area contributed by atoms with E-state index in [9.17, 15) is 23.5 Å². The Morgan fingerprint density at radius 1 is 1.33 bits per heavy atom. The Bertz CT molecular complexity index is 691. The van der Waals surface area contributed by atoms with Crippen molar-refractivity contribution < 1.29 is 23.5 Å². The zero-order valence-corrected chi connectivity index (χ0v) is 13.8. The Morgan fingerprint density at radius 2 is 2.04 bits per heavy atom. The highest BCUT2D eigenvalue weighted by molar-refractivity contribution is 5.85. The molecule has 3 rings (SSSR count). The van der Waals surface area contributed by atoms with E-state index in [-0.39, 0.29) is 35.8 Å². The Morgan fingerprint density at radius 3 is 2.62 bits per heavy atom. The molecule has 0 spiro atoms. The van der Waals surface area contributed by atoms with Gasteiger partial charge in [-0.15, -0.1) is 0 Å².